The Balaban J connectivity index is 1.27. The predicted molar refractivity (Wildman–Crippen MR) is 142 cm³/mol. The normalized spacial score (nSPS) is 14.7. The van der Waals surface area contributed by atoms with Crippen molar-refractivity contribution in [3.8, 4) is 0 Å². The molecule has 3 aromatic rings. The van der Waals surface area contributed by atoms with Gasteiger partial charge in [-0.1, -0.05) is 70.7 Å². The first-order valence-corrected chi connectivity index (χ1v) is 13.3. The first-order chi connectivity index (χ1) is 16.4. The molecular formula is C25H24Cl4N2O2S. The molecular weight excluding hydrogens is 534 g/mol. The number of hydrogen-bond donors (Lipinski definition) is 0. The van der Waals surface area contributed by atoms with E-state index in [1.54, 1.807) is 6.07 Å². The molecule has 180 valence electrons. The van der Waals surface area contributed by atoms with Crippen molar-refractivity contribution in [2.75, 3.05) is 39.3 Å². The standard InChI is InChI=1S/C25H24Cl4N2O2S/c26-19-6-2-17(3-7-19)23(18-4-8-20(27)9-5-18)33-15-1-10-30-11-13-31(14-12-30)25(32)21-16-22(28)34-24(21)29/h2-9,16,23H,1,10-15H2. The summed E-state index contributed by atoms with van der Waals surface area (Å²) in [6.07, 6.45) is 0.698. The summed E-state index contributed by atoms with van der Waals surface area (Å²) >= 11 is 25.5. The molecule has 0 spiro atoms. The maximum absolute atomic E-state index is 12.7. The first kappa shape index (κ1) is 25.8. The quantitative estimate of drug-likeness (QED) is 0.272. The molecule has 34 heavy (non-hydrogen) atoms. The lowest BCUT2D eigenvalue weighted by molar-refractivity contribution is 0.0550. The molecule has 0 atom stereocenters. The number of amides is 1. The molecule has 0 unspecified atom stereocenters. The highest BCUT2D eigenvalue weighted by atomic mass is 35.5. The van der Waals surface area contributed by atoms with Gasteiger partial charge in [-0.25, -0.2) is 0 Å². The van der Waals surface area contributed by atoms with Crippen molar-refractivity contribution in [2.45, 2.75) is 12.5 Å². The molecule has 1 aromatic heterocycles. The summed E-state index contributed by atoms with van der Waals surface area (Å²) < 4.78 is 7.29. The minimum Gasteiger partial charge on any atom is -0.369 e. The molecule has 1 aliphatic rings. The minimum atomic E-state index is -0.189. The fourth-order valence-electron chi connectivity index (χ4n) is 3.98. The number of ether oxygens (including phenoxy) is 1. The molecule has 0 bridgehead atoms. The van der Waals surface area contributed by atoms with Crippen molar-refractivity contribution in [3.63, 3.8) is 0 Å². The maximum atomic E-state index is 12.7. The van der Waals surface area contributed by atoms with E-state index in [1.165, 1.54) is 11.3 Å². The topological polar surface area (TPSA) is 32.8 Å². The third-order valence-corrected chi connectivity index (χ3v) is 7.79. The highest BCUT2D eigenvalue weighted by Crippen LogP contribution is 2.32. The van der Waals surface area contributed by atoms with Gasteiger partial charge in [-0.15, -0.1) is 11.3 Å². The summed E-state index contributed by atoms with van der Waals surface area (Å²) in [6, 6.07) is 17.1. The van der Waals surface area contributed by atoms with Crippen LogP contribution in [-0.4, -0.2) is 55.0 Å². The maximum Gasteiger partial charge on any atom is 0.256 e. The Labute approximate surface area is 223 Å². The van der Waals surface area contributed by atoms with Crippen molar-refractivity contribution < 1.29 is 9.53 Å². The number of hydrogen-bond acceptors (Lipinski definition) is 4. The Morgan fingerprint density at radius 1 is 0.882 bits per heavy atom. The number of nitrogens with zero attached hydrogens (tertiary/aromatic N) is 2. The highest BCUT2D eigenvalue weighted by Gasteiger charge is 2.25. The van der Waals surface area contributed by atoms with Gasteiger partial charge in [0.15, 0.2) is 0 Å². The summed E-state index contributed by atoms with van der Waals surface area (Å²) in [7, 11) is 0. The summed E-state index contributed by atoms with van der Waals surface area (Å²) in [4.78, 5) is 16.9. The SMILES string of the molecule is O=C(c1cc(Cl)sc1Cl)N1CCN(CCCOC(c2ccc(Cl)cc2)c2ccc(Cl)cc2)CC1. The van der Waals surface area contributed by atoms with Crippen molar-refractivity contribution in [3.05, 3.63) is 90.0 Å². The van der Waals surface area contributed by atoms with Gasteiger partial charge in [-0.2, -0.15) is 0 Å². The van der Waals surface area contributed by atoms with Crippen molar-refractivity contribution in [2.24, 2.45) is 0 Å². The van der Waals surface area contributed by atoms with Crippen LogP contribution < -0.4 is 0 Å². The molecule has 9 heteroatoms. The van der Waals surface area contributed by atoms with Gasteiger partial charge < -0.3 is 9.64 Å². The fraction of sp³-hybridized carbons (Fsp3) is 0.320. The lowest BCUT2D eigenvalue weighted by Crippen LogP contribution is -2.48. The molecule has 1 amide bonds. The van der Waals surface area contributed by atoms with Crippen LogP contribution in [0.25, 0.3) is 0 Å². The number of rotatable bonds is 8. The van der Waals surface area contributed by atoms with Crippen LogP contribution in [0.3, 0.4) is 0 Å². The monoisotopic (exact) mass is 556 g/mol. The zero-order valence-electron chi connectivity index (χ0n) is 18.4. The second kappa shape index (κ2) is 12.1. The number of carbonyl (C=O) groups is 1. The Bertz CT molecular complexity index is 1050. The van der Waals surface area contributed by atoms with Gasteiger partial charge in [0.05, 0.1) is 9.90 Å². The summed E-state index contributed by atoms with van der Waals surface area (Å²) in [5.74, 6) is -0.0510. The largest absolute Gasteiger partial charge is 0.369 e. The molecule has 0 saturated carbocycles. The van der Waals surface area contributed by atoms with Crippen LogP contribution in [-0.2, 0) is 4.74 Å². The highest BCUT2D eigenvalue weighted by molar-refractivity contribution is 7.20. The van der Waals surface area contributed by atoms with E-state index in [9.17, 15) is 4.79 Å². The average molecular weight is 558 g/mol. The Morgan fingerprint density at radius 2 is 1.44 bits per heavy atom. The molecule has 4 rings (SSSR count). The van der Waals surface area contributed by atoms with E-state index in [0.717, 1.165) is 37.2 Å². The fourth-order valence-corrected chi connectivity index (χ4v) is 5.68. The van der Waals surface area contributed by atoms with Gasteiger partial charge in [0, 0.05) is 49.4 Å². The van der Waals surface area contributed by atoms with Gasteiger partial charge >= 0.3 is 0 Å². The van der Waals surface area contributed by atoms with E-state index in [-0.39, 0.29) is 12.0 Å². The third kappa shape index (κ3) is 6.67. The Kier molecular flexibility index (Phi) is 9.16. The van der Waals surface area contributed by atoms with E-state index < -0.39 is 0 Å². The van der Waals surface area contributed by atoms with Crippen LogP contribution in [0.5, 0.6) is 0 Å². The van der Waals surface area contributed by atoms with Crippen LogP contribution in [0.15, 0.2) is 54.6 Å². The zero-order chi connectivity index (χ0) is 24.1. The minimum absolute atomic E-state index is 0.0510. The van der Waals surface area contributed by atoms with Gasteiger partial charge in [0.1, 0.15) is 10.4 Å². The van der Waals surface area contributed by atoms with Crippen molar-refractivity contribution >= 4 is 63.6 Å². The molecule has 0 aliphatic carbocycles. The predicted octanol–water partition coefficient (Wildman–Crippen LogP) is 7.32. The second-order valence-corrected chi connectivity index (χ2v) is 11.2. The van der Waals surface area contributed by atoms with E-state index in [1.807, 2.05) is 53.4 Å². The molecule has 2 aromatic carbocycles. The van der Waals surface area contributed by atoms with Crippen molar-refractivity contribution in [1.29, 1.82) is 0 Å². The lowest BCUT2D eigenvalue weighted by atomic mass is 10.0. The molecule has 0 N–H and O–H groups in total. The van der Waals surface area contributed by atoms with Crippen LogP contribution in [0.1, 0.15) is 34.0 Å². The van der Waals surface area contributed by atoms with E-state index in [0.29, 0.717) is 44.0 Å². The number of piperazine rings is 1. The van der Waals surface area contributed by atoms with Crippen LogP contribution >= 0.6 is 57.7 Å². The summed E-state index contributed by atoms with van der Waals surface area (Å²) in [6.45, 7) is 4.49. The molecule has 4 nitrogen and oxygen atoms in total. The van der Waals surface area contributed by atoms with Crippen LogP contribution in [0.2, 0.25) is 18.7 Å². The molecule has 1 aliphatic heterocycles. The summed E-state index contributed by atoms with van der Waals surface area (Å²) in [5.41, 5.74) is 2.59. The molecule has 1 fully saturated rings. The average Bonchev–Trinajstić information content (AvgIpc) is 3.18. The Hall–Kier alpha value is -1.31. The molecule has 2 heterocycles. The second-order valence-electron chi connectivity index (χ2n) is 8.08. The van der Waals surface area contributed by atoms with Crippen molar-refractivity contribution in [1.82, 2.24) is 9.80 Å². The molecule has 1 saturated heterocycles. The number of benzene rings is 2. The zero-order valence-corrected chi connectivity index (χ0v) is 22.2. The third-order valence-electron chi connectivity index (χ3n) is 5.80. The lowest BCUT2D eigenvalue weighted by Gasteiger charge is -2.34. The number of carbonyl (C=O) groups excluding carboxylic acids is 1. The Morgan fingerprint density at radius 3 is 1.94 bits per heavy atom. The van der Waals surface area contributed by atoms with Gasteiger partial charge in [-0.05, 0) is 47.9 Å². The van der Waals surface area contributed by atoms with Gasteiger partial charge in [0.25, 0.3) is 5.91 Å². The van der Waals surface area contributed by atoms with Gasteiger partial charge in [-0.3, -0.25) is 9.69 Å². The van der Waals surface area contributed by atoms with Gasteiger partial charge in [0.2, 0.25) is 0 Å². The number of halogens is 4. The summed E-state index contributed by atoms with van der Waals surface area (Å²) in [5, 5.41) is 1.39. The van der Waals surface area contributed by atoms with E-state index in [2.05, 4.69) is 4.90 Å². The smallest absolute Gasteiger partial charge is 0.256 e. The van der Waals surface area contributed by atoms with Crippen LogP contribution in [0.4, 0.5) is 0 Å². The molecule has 0 radical (unpaired) electrons. The number of thiophene rings is 1. The first-order valence-electron chi connectivity index (χ1n) is 11.0. The van der Waals surface area contributed by atoms with E-state index >= 15 is 0 Å². The van der Waals surface area contributed by atoms with E-state index in [4.69, 9.17) is 51.1 Å². The van der Waals surface area contributed by atoms with Crippen LogP contribution in [0, 0.1) is 0 Å².